The van der Waals surface area contributed by atoms with Gasteiger partial charge in [-0.15, -0.1) is 0 Å². The maximum Gasteiger partial charge on any atom is 0.236 e. The van der Waals surface area contributed by atoms with E-state index in [2.05, 4.69) is 0 Å². The summed E-state index contributed by atoms with van der Waals surface area (Å²) >= 11 is 0. The van der Waals surface area contributed by atoms with E-state index in [1.807, 2.05) is 20.8 Å². The Balaban J connectivity index is 2.77. The Morgan fingerprint density at radius 2 is 2.31 bits per heavy atom. The quantitative estimate of drug-likeness (QED) is 0.625. The van der Waals surface area contributed by atoms with Gasteiger partial charge in [0.25, 0.3) is 0 Å². The van der Waals surface area contributed by atoms with Crippen molar-refractivity contribution in [3.05, 3.63) is 0 Å². The van der Waals surface area contributed by atoms with E-state index in [-0.39, 0.29) is 24.1 Å². The first kappa shape index (κ1) is 10.5. The van der Waals surface area contributed by atoms with E-state index in [1.54, 1.807) is 4.90 Å². The Kier molecular flexibility index (Phi) is 2.93. The lowest BCUT2D eigenvalue weighted by molar-refractivity contribution is -0.154. The molecule has 2 N–H and O–H groups in total. The molecule has 1 fully saturated rings. The number of amides is 1. The number of rotatable bonds is 1. The third kappa shape index (κ3) is 1.84. The second kappa shape index (κ2) is 3.64. The van der Waals surface area contributed by atoms with Crippen molar-refractivity contribution in [2.24, 2.45) is 5.73 Å². The minimum absolute atomic E-state index is 0.000139. The Morgan fingerprint density at radius 1 is 1.69 bits per heavy atom. The zero-order chi connectivity index (χ0) is 10.1. The molecule has 1 unspecified atom stereocenters. The molecule has 1 aliphatic heterocycles. The van der Waals surface area contributed by atoms with E-state index in [0.29, 0.717) is 13.2 Å². The normalized spacial score (nSPS) is 27.4. The van der Waals surface area contributed by atoms with Crippen molar-refractivity contribution in [2.75, 3.05) is 19.7 Å². The van der Waals surface area contributed by atoms with Crippen LogP contribution in [-0.2, 0) is 9.53 Å². The Morgan fingerprint density at radius 3 is 2.85 bits per heavy atom. The van der Waals surface area contributed by atoms with Crippen molar-refractivity contribution in [1.29, 1.82) is 0 Å². The fourth-order valence-electron chi connectivity index (χ4n) is 1.59. The van der Waals surface area contributed by atoms with Gasteiger partial charge < -0.3 is 15.4 Å². The molecule has 0 aromatic heterocycles. The monoisotopic (exact) mass is 186 g/mol. The summed E-state index contributed by atoms with van der Waals surface area (Å²) in [5, 5.41) is 0. The summed E-state index contributed by atoms with van der Waals surface area (Å²) < 4.78 is 5.48. The lowest BCUT2D eigenvalue weighted by atomic mass is 9.94. The molecule has 0 saturated carbocycles. The van der Waals surface area contributed by atoms with Gasteiger partial charge in [0.05, 0.1) is 24.8 Å². The van der Waals surface area contributed by atoms with Crippen molar-refractivity contribution < 1.29 is 9.53 Å². The highest BCUT2D eigenvalue weighted by Crippen LogP contribution is 2.24. The highest BCUT2D eigenvalue weighted by Gasteiger charge is 2.38. The van der Waals surface area contributed by atoms with Crippen molar-refractivity contribution in [2.45, 2.75) is 32.4 Å². The molecule has 0 spiro atoms. The molecule has 0 radical (unpaired) electrons. The molecule has 1 rings (SSSR count). The molecule has 4 heteroatoms. The third-order valence-corrected chi connectivity index (χ3v) is 2.85. The van der Waals surface area contributed by atoms with E-state index in [1.165, 1.54) is 0 Å². The molecule has 0 aromatic carbocycles. The summed E-state index contributed by atoms with van der Waals surface area (Å²) in [6.45, 7) is 7.32. The number of nitrogens with two attached hydrogens (primary N) is 1. The van der Waals surface area contributed by atoms with Gasteiger partial charge in [-0.3, -0.25) is 4.79 Å². The minimum atomic E-state index is -0.241. The van der Waals surface area contributed by atoms with Crippen LogP contribution < -0.4 is 5.73 Å². The van der Waals surface area contributed by atoms with Gasteiger partial charge in [-0.05, 0) is 20.8 Å². The van der Waals surface area contributed by atoms with Gasteiger partial charge in [0, 0.05) is 6.54 Å². The van der Waals surface area contributed by atoms with Crippen LogP contribution in [0.1, 0.15) is 20.8 Å². The van der Waals surface area contributed by atoms with Gasteiger partial charge in [-0.1, -0.05) is 0 Å². The molecule has 0 aliphatic carbocycles. The van der Waals surface area contributed by atoms with Crippen molar-refractivity contribution in [1.82, 2.24) is 4.90 Å². The molecular weight excluding hydrogens is 168 g/mol. The van der Waals surface area contributed by atoms with E-state index in [9.17, 15) is 4.79 Å². The smallest absolute Gasteiger partial charge is 0.236 e. The first-order chi connectivity index (χ1) is 6.00. The molecule has 1 atom stereocenters. The average Bonchev–Trinajstić information content (AvgIpc) is 2.08. The van der Waals surface area contributed by atoms with E-state index in [4.69, 9.17) is 10.5 Å². The van der Waals surface area contributed by atoms with E-state index < -0.39 is 0 Å². The molecule has 1 saturated heterocycles. The molecule has 1 heterocycles. The zero-order valence-electron chi connectivity index (χ0n) is 8.54. The number of carbonyl (C=O) groups excluding carboxylic acids is 1. The van der Waals surface area contributed by atoms with Gasteiger partial charge in [0.2, 0.25) is 5.91 Å². The van der Waals surface area contributed by atoms with Crippen LogP contribution in [0.3, 0.4) is 0 Å². The van der Waals surface area contributed by atoms with Crippen LogP contribution in [0, 0.1) is 0 Å². The lowest BCUT2D eigenvalue weighted by Gasteiger charge is -2.46. The van der Waals surface area contributed by atoms with Crippen LogP contribution in [0.4, 0.5) is 0 Å². The summed E-state index contributed by atoms with van der Waals surface area (Å²) in [5.74, 6) is 0.000139. The largest absolute Gasteiger partial charge is 0.374 e. The Hall–Kier alpha value is -0.610. The molecule has 1 aliphatic rings. The predicted molar refractivity (Wildman–Crippen MR) is 50.3 cm³/mol. The van der Waals surface area contributed by atoms with Gasteiger partial charge in [-0.25, -0.2) is 0 Å². The summed E-state index contributed by atoms with van der Waals surface area (Å²) in [5.41, 5.74) is 5.10. The topological polar surface area (TPSA) is 55.6 Å². The first-order valence-corrected chi connectivity index (χ1v) is 4.62. The summed E-state index contributed by atoms with van der Waals surface area (Å²) in [6.07, 6.45) is 0.0664. The van der Waals surface area contributed by atoms with Crippen molar-refractivity contribution in [3.8, 4) is 0 Å². The molecular formula is C9H18N2O2. The summed E-state index contributed by atoms with van der Waals surface area (Å²) in [4.78, 5) is 13.3. The first-order valence-electron chi connectivity index (χ1n) is 4.62. The molecule has 0 aromatic rings. The predicted octanol–water partition coefficient (Wildman–Crippen LogP) is -0.0290. The molecule has 13 heavy (non-hydrogen) atoms. The van der Waals surface area contributed by atoms with Crippen LogP contribution in [0.2, 0.25) is 0 Å². The molecule has 76 valence electrons. The summed E-state index contributed by atoms with van der Waals surface area (Å²) in [6, 6.07) is 0. The van der Waals surface area contributed by atoms with Crippen molar-refractivity contribution >= 4 is 5.91 Å². The van der Waals surface area contributed by atoms with Crippen LogP contribution in [0.25, 0.3) is 0 Å². The van der Waals surface area contributed by atoms with Crippen LogP contribution in [0.15, 0.2) is 0 Å². The number of carbonyl (C=O) groups is 1. The lowest BCUT2D eigenvalue weighted by Crippen LogP contribution is -2.60. The minimum Gasteiger partial charge on any atom is -0.374 e. The maximum atomic E-state index is 11.5. The highest BCUT2D eigenvalue weighted by atomic mass is 16.5. The second-order valence-corrected chi connectivity index (χ2v) is 3.92. The van der Waals surface area contributed by atoms with Gasteiger partial charge in [0.15, 0.2) is 0 Å². The number of morpholine rings is 1. The molecule has 0 bridgehead atoms. The van der Waals surface area contributed by atoms with E-state index >= 15 is 0 Å². The number of hydrogen-bond donors (Lipinski definition) is 1. The zero-order valence-corrected chi connectivity index (χ0v) is 8.54. The van der Waals surface area contributed by atoms with Crippen LogP contribution >= 0.6 is 0 Å². The van der Waals surface area contributed by atoms with Gasteiger partial charge in [0.1, 0.15) is 0 Å². The Labute approximate surface area is 79.0 Å². The number of nitrogens with zero attached hydrogens (tertiary/aromatic N) is 1. The molecule has 1 amide bonds. The second-order valence-electron chi connectivity index (χ2n) is 3.92. The van der Waals surface area contributed by atoms with E-state index in [0.717, 1.165) is 0 Å². The number of ether oxygens (including phenoxy) is 1. The SMILES string of the molecule is CC1OCCN(C(=O)CN)C1(C)C. The maximum absolute atomic E-state index is 11.5. The number of hydrogen-bond acceptors (Lipinski definition) is 3. The fraction of sp³-hybridized carbons (Fsp3) is 0.889. The van der Waals surface area contributed by atoms with Crippen LogP contribution in [0.5, 0.6) is 0 Å². The third-order valence-electron chi connectivity index (χ3n) is 2.85. The molecule has 4 nitrogen and oxygen atoms in total. The summed E-state index contributed by atoms with van der Waals surface area (Å²) in [7, 11) is 0. The van der Waals surface area contributed by atoms with Crippen molar-refractivity contribution in [3.63, 3.8) is 0 Å². The fourth-order valence-corrected chi connectivity index (χ4v) is 1.59. The highest BCUT2D eigenvalue weighted by molar-refractivity contribution is 5.79. The average molecular weight is 186 g/mol. The van der Waals surface area contributed by atoms with Gasteiger partial charge >= 0.3 is 0 Å². The standard InChI is InChI=1S/C9H18N2O2/c1-7-9(2,3)11(4-5-13-7)8(12)6-10/h7H,4-6,10H2,1-3H3. The van der Waals surface area contributed by atoms with Gasteiger partial charge in [-0.2, -0.15) is 0 Å². The Bertz CT molecular complexity index is 204. The van der Waals surface area contributed by atoms with Crippen LogP contribution in [-0.4, -0.2) is 42.1 Å².